The molecule has 4 nitrogen and oxygen atoms in total. The summed E-state index contributed by atoms with van der Waals surface area (Å²) >= 11 is 0. The molecule has 1 aliphatic carbocycles. The van der Waals surface area contributed by atoms with Crippen LogP contribution in [0.3, 0.4) is 0 Å². The molecule has 2 N–H and O–H groups in total. The summed E-state index contributed by atoms with van der Waals surface area (Å²) in [4.78, 5) is 0. The zero-order valence-electron chi connectivity index (χ0n) is 7.26. The van der Waals surface area contributed by atoms with Gasteiger partial charge in [-0.05, 0) is 12.8 Å². The molecule has 76 valence electrons. The predicted molar refractivity (Wildman–Crippen MR) is 46.9 cm³/mol. The summed E-state index contributed by atoms with van der Waals surface area (Å²) in [6.07, 6.45) is -0.0887. The topological polar surface area (TPSA) is 74.6 Å². The molecule has 2 bridgehead atoms. The molecule has 0 amide bonds. The van der Waals surface area contributed by atoms with Gasteiger partial charge in [0.2, 0.25) is 0 Å². The van der Waals surface area contributed by atoms with Gasteiger partial charge in [-0.15, -0.1) is 0 Å². The average molecular weight is 206 g/mol. The first-order chi connectivity index (χ1) is 5.98. The average Bonchev–Trinajstić information content (AvgIpc) is 1.94. The van der Waals surface area contributed by atoms with Crippen LogP contribution in [0, 0.1) is 11.8 Å². The van der Waals surface area contributed by atoms with Crippen molar-refractivity contribution in [3.8, 4) is 0 Å². The quantitative estimate of drug-likeness (QED) is 0.542. The van der Waals surface area contributed by atoms with Gasteiger partial charge in [-0.1, -0.05) is 0 Å². The lowest BCUT2D eigenvalue weighted by Crippen LogP contribution is -2.49. The molecule has 0 aromatic rings. The van der Waals surface area contributed by atoms with E-state index in [0.29, 0.717) is 12.8 Å². The van der Waals surface area contributed by atoms with E-state index < -0.39 is 22.0 Å². The molecular weight excluding hydrogens is 192 g/mol. The van der Waals surface area contributed by atoms with Crippen molar-refractivity contribution in [3.63, 3.8) is 0 Å². The van der Waals surface area contributed by atoms with E-state index in [1.165, 1.54) is 0 Å². The van der Waals surface area contributed by atoms with Gasteiger partial charge in [-0.25, -0.2) is 8.42 Å². The first-order valence-corrected chi connectivity index (χ1v) is 6.36. The summed E-state index contributed by atoms with van der Waals surface area (Å²) in [5, 5.41) is 19.1. The minimum absolute atomic E-state index is 0.0434. The Bertz CT molecular complexity index is 275. The van der Waals surface area contributed by atoms with Gasteiger partial charge in [0.25, 0.3) is 0 Å². The van der Waals surface area contributed by atoms with Crippen molar-refractivity contribution >= 4 is 9.84 Å². The van der Waals surface area contributed by atoms with E-state index >= 15 is 0 Å². The van der Waals surface area contributed by atoms with Gasteiger partial charge < -0.3 is 10.2 Å². The van der Waals surface area contributed by atoms with Crippen LogP contribution in [-0.4, -0.2) is 42.3 Å². The minimum Gasteiger partial charge on any atom is -0.393 e. The minimum atomic E-state index is -2.97. The number of rotatable bonds is 0. The van der Waals surface area contributed by atoms with Gasteiger partial charge >= 0.3 is 0 Å². The molecule has 2 fully saturated rings. The lowest BCUT2D eigenvalue weighted by Gasteiger charge is -2.41. The molecule has 1 aliphatic heterocycles. The van der Waals surface area contributed by atoms with Crippen LogP contribution >= 0.6 is 0 Å². The molecule has 2 atom stereocenters. The summed E-state index contributed by atoms with van der Waals surface area (Å²) < 4.78 is 22.6. The Morgan fingerprint density at radius 3 is 1.92 bits per heavy atom. The number of fused-ring (bicyclic) bond motifs is 2. The third-order valence-electron chi connectivity index (χ3n) is 3.05. The van der Waals surface area contributed by atoms with Crippen LogP contribution in [0.25, 0.3) is 0 Å². The maximum absolute atomic E-state index is 11.3. The van der Waals surface area contributed by atoms with Crippen LogP contribution < -0.4 is 0 Å². The number of aliphatic hydroxyl groups excluding tert-OH is 2. The van der Waals surface area contributed by atoms with E-state index in [1.54, 1.807) is 0 Å². The number of hydrogen-bond donors (Lipinski definition) is 2. The van der Waals surface area contributed by atoms with E-state index in [-0.39, 0.29) is 23.3 Å². The molecule has 0 radical (unpaired) electrons. The van der Waals surface area contributed by atoms with Crippen molar-refractivity contribution in [2.24, 2.45) is 11.8 Å². The monoisotopic (exact) mass is 206 g/mol. The van der Waals surface area contributed by atoms with Crippen LogP contribution in [0.5, 0.6) is 0 Å². The Balaban J connectivity index is 2.23. The normalized spacial score (nSPS) is 48.8. The van der Waals surface area contributed by atoms with Crippen LogP contribution in [0.1, 0.15) is 12.8 Å². The molecular formula is C8H14O4S. The van der Waals surface area contributed by atoms with E-state index in [9.17, 15) is 18.6 Å². The van der Waals surface area contributed by atoms with Crippen LogP contribution in [0.4, 0.5) is 0 Å². The second-order valence-electron chi connectivity index (χ2n) is 4.21. The van der Waals surface area contributed by atoms with Crippen molar-refractivity contribution in [1.29, 1.82) is 0 Å². The third kappa shape index (κ3) is 1.73. The Hall–Kier alpha value is -0.130. The summed E-state index contributed by atoms with van der Waals surface area (Å²) in [5.41, 5.74) is 0. The molecule has 5 heteroatoms. The van der Waals surface area contributed by atoms with Crippen LogP contribution in [-0.2, 0) is 9.84 Å². The Kier molecular flexibility index (Phi) is 2.13. The van der Waals surface area contributed by atoms with E-state index in [4.69, 9.17) is 0 Å². The highest BCUT2D eigenvalue weighted by atomic mass is 32.2. The fraction of sp³-hybridized carbons (Fsp3) is 1.00. The van der Waals surface area contributed by atoms with Crippen LogP contribution in [0.15, 0.2) is 0 Å². The predicted octanol–water partition coefficient (Wildman–Crippen LogP) is -0.837. The van der Waals surface area contributed by atoms with Crippen LogP contribution in [0.2, 0.25) is 0 Å². The summed E-state index contributed by atoms with van der Waals surface area (Å²) in [7, 11) is -2.97. The van der Waals surface area contributed by atoms with Crippen molar-refractivity contribution in [2.45, 2.75) is 25.0 Å². The highest BCUT2D eigenvalue weighted by Crippen LogP contribution is 2.36. The first-order valence-electron chi connectivity index (χ1n) is 4.54. The van der Waals surface area contributed by atoms with Gasteiger partial charge in [0.1, 0.15) is 0 Å². The number of hydrogen-bond acceptors (Lipinski definition) is 4. The van der Waals surface area contributed by atoms with Gasteiger partial charge in [0, 0.05) is 11.8 Å². The standard InChI is InChI=1S/C8H14O4S/c9-7-1-5-3-13(11,12)4-6(2-7)8(5)10/h5-10H,1-4H2. The first kappa shape index (κ1) is 9.43. The van der Waals surface area contributed by atoms with Crippen molar-refractivity contribution < 1.29 is 18.6 Å². The third-order valence-corrected chi connectivity index (χ3v) is 4.92. The summed E-state index contributed by atoms with van der Waals surface area (Å²) in [6, 6.07) is 0. The van der Waals surface area contributed by atoms with Gasteiger partial charge in [0.15, 0.2) is 9.84 Å². The van der Waals surface area contributed by atoms with Gasteiger partial charge in [0.05, 0.1) is 23.7 Å². The maximum atomic E-state index is 11.3. The van der Waals surface area contributed by atoms with Gasteiger partial charge in [-0.2, -0.15) is 0 Å². The van der Waals surface area contributed by atoms with Crippen molar-refractivity contribution in [1.82, 2.24) is 0 Å². The zero-order valence-corrected chi connectivity index (χ0v) is 8.07. The molecule has 2 unspecified atom stereocenters. The molecule has 0 spiro atoms. The molecule has 2 aliphatic rings. The van der Waals surface area contributed by atoms with E-state index in [0.717, 1.165) is 0 Å². The Morgan fingerprint density at radius 2 is 1.46 bits per heavy atom. The largest absolute Gasteiger partial charge is 0.393 e. The Morgan fingerprint density at radius 1 is 1.00 bits per heavy atom. The molecule has 1 saturated carbocycles. The smallest absolute Gasteiger partial charge is 0.151 e. The SMILES string of the molecule is O=S1(=O)CC2CC(O)CC(C1)C2O. The zero-order chi connectivity index (χ0) is 9.64. The second-order valence-corrected chi connectivity index (χ2v) is 6.37. The summed E-state index contributed by atoms with van der Waals surface area (Å²) in [5.74, 6) is -0.399. The van der Waals surface area contributed by atoms with E-state index in [2.05, 4.69) is 0 Å². The highest BCUT2D eigenvalue weighted by molar-refractivity contribution is 7.91. The number of sulfone groups is 1. The molecule has 0 aromatic heterocycles. The maximum Gasteiger partial charge on any atom is 0.151 e. The van der Waals surface area contributed by atoms with Gasteiger partial charge in [-0.3, -0.25) is 0 Å². The molecule has 13 heavy (non-hydrogen) atoms. The van der Waals surface area contributed by atoms with E-state index in [1.807, 2.05) is 0 Å². The Labute approximate surface area is 77.5 Å². The number of aliphatic hydroxyl groups is 2. The van der Waals surface area contributed by atoms with Crippen molar-refractivity contribution in [3.05, 3.63) is 0 Å². The molecule has 1 saturated heterocycles. The molecule has 1 heterocycles. The summed E-state index contributed by atoms with van der Waals surface area (Å²) in [6.45, 7) is 0. The molecule has 0 aromatic carbocycles. The highest BCUT2D eigenvalue weighted by Gasteiger charge is 2.44. The van der Waals surface area contributed by atoms with Crippen molar-refractivity contribution in [2.75, 3.05) is 11.5 Å². The second kappa shape index (κ2) is 2.93. The fourth-order valence-electron chi connectivity index (χ4n) is 2.51. The fourth-order valence-corrected chi connectivity index (χ4v) is 4.62. The molecule has 2 rings (SSSR count). The lowest BCUT2D eigenvalue weighted by molar-refractivity contribution is -0.0262. The lowest BCUT2D eigenvalue weighted by atomic mass is 9.78.